The highest BCUT2D eigenvalue weighted by atomic mass is 35.5. The van der Waals surface area contributed by atoms with Gasteiger partial charge < -0.3 is 10.2 Å². The minimum absolute atomic E-state index is 0.0410. The van der Waals surface area contributed by atoms with Gasteiger partial charge in [-0.15, -0.1) is 0 Å². The van der Waals surface area contributed by atoms with Crippen molar-refractivity contribution < 1.29 is 19.2 Å². The molecule has 2 aliphatic rings. The first-order valence-electron chi connectivity index (χ1n) is 12.1. The number of nitrogens with one attached hydrogen (secondary N) is 1. The van der Waals surface area contributed by atoms with Crippen molar-refractivity contribution in [2.75, 3.05) is 16.8 Å². The molecule has 1 N–H and O–H groups in total. The van der Waals surface area contributed by atoms with E-state index in [-0.39, 0.29) is 30.1 Å². The molecule has 1 saturated carbocycles. The normalized spacial score (nSPS) is 18.6. The van der Waals surface area contributed by atoms with E-state index in [1.165, 1.54) is 6.92 Å². The topological polar surface area (TPSA) is 86.8 Å². The number of nitrogens with zero attached hydrogens (tertiary/aromatic N) is 2. The van der Waals surface area contributed by atoms with E-state index in [1.807, 2.05) is 18.2 Å². The third-order valence-electron chi connectivity index (χ3n) is 6.71. The standard InChI is InChI=1S/C27H30ClN3O4/c1-18(32)29-22-10-12-23(13-11-22)31-25(33)17-24(27(31)35)30(26(34)20-7-3-2-4-8-20)15-14-19-6-5-9-21(28)16-19/h5-6,9-13,16,20,24H,2-4,7-8,14-15,17H2,1H3,(H,29,32). The molecule has 0 spiro atoms. The Bertz CT molecular complexity index is 1110. The van der Waals surface area contributed by atoms with Gasteiger partial charge in [-0.1, -0.05) is 43.0 Å². The number of hydrogen-bond acceptors (Lipinski definition) is 4. The summed E-state index contributed by atoms with van der Waals surface area (Å²) >= 11 is 6.13. The molecule has 4 rings (SSSR count). The van der Waals surface area contributed by atoms with Gasteiger partial charge in [0.1, 0.15) is 6.04 Å². The highest BCUT2D eigenvalue weighted by Gasteiger charge is 2.45. The Balaban J connectivity index is 1.55. The lowest BCUT2D eigenvalue weighted by atomic mass is 9.87. The molecule has 2 fully saturated rings. The Labute approximate surface area is 210 Å². The van der Waals surface area contributed by atoms with E-state index in [0.29, 0.717) is 29.4 Å². The Morgan fingerprint density at radius 1 is 1.06 bits per heavy atom. The molecule has 1 aliphatic heterocycles. The van der Waals surface area contributed by atoms with Crippen molar-refractivity contribution in [3.05, 3.63) is 59.1 Å². The lowest BCUT2D eigenvalue weighted by Gasteiger charge is -2.32. The molecule has 1 atom stereocenters. The zero-order valence-corrected chi connectivity index (χ0v) is 20.6. The van der Waals surface area contributed by atoms with E-state index in [2.05, 4.69) is 5.32 Å². The number of halogens is 1. The van der Waals surface area contributed by atoms with Gasteiger partial charge in [-0.2, -0.15) is 0 Å². The second-order valence-corrected chi connectivity index (χ2v) is 9.70. The smallest absolute Gasteiger partial charge is 0.257 e. The fourth-order valence-corrected chi connectivity index (χ4v) is 5.19. The van der Waals surface area contributed by atoms with E-state index in [4.69, 9.17) is 11.6 Å². The summed E-state index contributed by atoms with van der Waals surface area (Å²) in [6, 6.07) is 13.2. The van der Waals surface area contributed by atoms with Crippen LogP contribution in [0.4, 0.5) is 11.4 Å². The van der Waals surface area contributed by atoms with Crippen molar-refractivity contribution in [1.82, 2.24) is 4.90 Å². The van der Waals surface area contributed by atoms with Gasteiger partial charge in [-0.05, 0) is 61.2 Å². The predicted molar refractivity (Wildman–Crippen MR) is 135 cm³/mol. The summed E-state index contributed by atoms with van der Waals surface area (Å²) in [6.07, 6.45) is 5.26. The van der Waals surface area contributed by atoms with E-state index in [9.17, 15) is 19.2 Å². The van der Waals surface area contributed by atoms with Crippen molar-refractivity contribution in [3.63, 3.8) is 0 Å². The fourth-order valence-electron chi connectivity index (χ4n) is 4.97. The summed E-state index contributed by atoms with van der Waals surface area (Å²) in [5, 5.41) is 3.29. The van der Waals surface area contributed by atoms with Crippen LogP contribution < -0.4 is 10.2 Å². The molecule has 4 amide bonds. The molecule has 1 saturated heterocycles. The molecule has 8 heteroatoms. The molecule has 7 nitrogen and oxygen atoms in total. The summed E-state index contributed by atoms with van der Waals surface area (Å²) in [5.74, 6) is -1.09. The van der Waals surface area contributed by atoms with Crippen molar-refractivity contribution >= 4 is 46.6 Å². The number of hydrogen-bond donors (Lipinski definition) is 1. The molecule has 1 unspecified atom stereocenters. The summed E-state index contributed by atoms with van der Waals surface area (Å²) in [4.78, 5) is 54.1. The highest BCUT2D eigenvalue weighted by Crippen LogP contribution is 2.31. The first kappa shape index (κ1) is 24.9. The summed E-state index contributed by atoms with van der Waals surface area (Å²) in [6.45, 7) is 1.75. The van der Waals surface area contributed by atoms with Gasteiger partial charge in [0, 0.05) is 30.1 Å². The lowest BCUT2D eigenvalue weighted by molar-refractivity contribution is -0.142. The van der Waals surface area contributed by atoms with Gasteiger partial charge in [0.25, 0.3) is 5.91 Å². The SMILES string of the molecule is CC(=O)Nc1ccc(N2C(=O)CC(N(CCc3cccc(Cl)c3)C(=O)C3CCCCC3)C2=O)cc1. The van der Waals surface area contributed by atoms with Crippen molar-refractivity contribution in [2.24, 2.45) is 5.92 Å². The molecular weight excluding hydrogens is 466 g/mol. The summed E-state index contributed by atoms with van der Waals surface area (Å²) in [7, 11) is 0. The van der Waals surface area contributed by atoms with Crippen LogP contribution in [-0.4, -0.2) is 41.1 Å². The summed E-state index contributed by atoms with van der Waals surface area (Å²) in [5.41, 5.74) is 1.98. The zero-order chi connectivity index (χ0) is 24.9. The van der Waals surface area contributed by atoms with E-state index < -0.39 is 11.9 Å². The molecule has 1 aliphatic carbocycles. The monoisotopic (exact) mass is 495 g/mol. The van der Waals surface area contributed by atoms with Crippen molar-refractivity contribution in [1.29, 1.82) is 0 Å². The Kier molecular flexibility index (Phi) is 7.86. The van der Waals surface area contributed by atoms with E-state index in [1.54, 1.807) is 35.2 Å². The van der Waals surface area contributed by atoms with E-state index in [0.717, 1.165) is 42.6 Å². The van der Waals surface area contributed by atoms with Crippen molar-refractivity contribution in [2.45, 2.75) is 57.9 Å². The molecule has 0 bridgehead atoms. The van der Waals surface area contributed by atoms with Crippen LogP contribution in [-0.2, 0) is 25.6 Å². The average Bonchev–Trinajstić information content (AvgIpc) is 3.13. The molecule has 0 aromatic heterocycles. The Morgan fingerprint density at radius 2 is 1.77 bits per heavy atom. The third-order valence-corrected chi connectivity index (χ3v) is 6.95. The number of carbonyl (C=O) groups excluding carboxylic acids is 4. The molecule has 35 heavy (non-hydrogen) atoms. The molecule has 2 aromatic carbocycles. The second kappa shape index (κ2) is 11.0. The van der Waals surface area contributed by atoms with Gasteiger partial charge >= 0.3 is 0 Å². The van der Waals surface area contributed by atoms with Crippen LogP contribution in [0.15, 0.2) is 48.5 Å². The Hall–Kier alpha value is -3.19. The maximum absolute atomic E-state index is 13.6. The van der Waals surface area contributed by atoms with Gasteiger partial charge in [0.2, 0.25) is 17.7 Å². The fraction of sp³-hybridized carbons (Fsp3) is 0.407. The van der Waals surface area contributed by atoms with Gasteiger partial charge in [-0.25, -0.2) is 4.90 Å². The zero-order valence-electron chi connectivity index (χ0n) is 19.8. The van der Waals surface area contributed by atoms with Crippen LogP contribution in [0.1, 0.15) is 51.0 Å². The van der Waals surface area contributed by atoms with Crippen LogP contribution in [0.2, 0.25) is 5.02 Å². The quantitative estimate of drug-likeness (QED) is 0.569. The van der Waals surface area contributed by atoms with Crippen LogP contribution in [0.3, 0.4) is 0 Å². The summed E-state index contributed by atoms with van der Waals surface area (Å²) < 4.78 is 0. The molecular formula is C27H30ClN3O4. The molecule has 1 heterocycles. The van der Waals surface area contributed by atoms with Crippen LogP contribution in [0.5, 0.6) is 0 Å². The van der Waals surface area contributed by atoms with Gasteiger partial charge in [0.15, 0.2) is 0 Å². The number of imide groups is 1. The predicted octanol–water partition coefficient (Wildman–Crippen LogP) is 4.58. The highest BCUT2D eigenvalue weighted by molar-refractivity contribution is 6.30. The second-order valence-electron chi connectivity index (χ2n) is 9.26. The van der Waals surface area contributed by atoms with Gasteiger partial charge in [-0.3, -0.25) is 19.2 Å². The molecule has 0 radical (unpaired) electrons. The number of amides is 4. The maximum Gasteiger partial charge on any atom is 0.257 e. The van der Waals surface area contributed by atoms with Crippen molar-refractivity contribution in [3.8, 4) is 0 Å². The molecule has 2 aromatic rings. The van der Waals surface area contributed by atoms with Crippen LogP contribution >= 0.6 is 11.6 Å². The number of carbonyl (C=O) groups is 4. The van der Waals surface area contributed by atoms with Crippen LogP contribution in [0, 0.1) is 5.92 Å². The number of benzene rings is 2. The van der Waals surface area contributed by atoms with Gasteiger partial charge in [0.05, 0.1) is 12.1 Å². The minimum atomic E-state index is -0.828. The molecule has 184 valence electrons. The number of rotatable bonds is 7. The first-order valence-corrected chi connectivity index (χ1v) is 12.5. The largest absolute Gasteiger partial charge is 0.330 e. The number of anilines is 2. The average molecular weight is 496 g/mol. The maximum atomic E-state index is 13.6. The minimum Gasteiger partial charge on any atom is -0.330 e. The third kappa shape index (κ3) is 5.90. The van der Waals surface area contributed by atoms with E-state index >= 15 is 0 Å². The Morgan fingerprint density at radius 3 is 2.43 bits per heavy atom. The van der Waals surface area contributed by atoms with Crippen LogP contribution in [0.25, 0.3) is 0 Å². The first-order chi connectivity index (χ1) is 16.8. The lowest BCUT2D eigenvalue weighted by Crippen LogP contribution is -2.48.